The van der Waals surface area contributed by atoms with E-state index in [4.69, 9.17) is 0 Å². The molecule has 3 nitrogen and oxygen atoms in total. The molecule has 1 heterocycles. The van der Waals surface area contributed by atoms with Gasteiger partial charge in [0.05, 0.1) is 4.90 Å². The average Bonchev–Trinajstić information content (AvgIpc) is 2.02. The van der Waals surface area contributed by atoms with Crippen LogP contribution < -0.4 is 0 Å². The SMILES string of the molecule is O=S(=O)(c1ccnc(F)c1)C(F)(F)F. The summed E-state index contributed by atoms with van der Waals surface area (Å²) in [5.41, 5.74) is -5.43. The lowest BCUT2D eigenvalue weighted by atomic mass is 10.5. The van der Waals surface area contributed by atoms with Crippen LogP contribution in [0.2, 0.25) is 0 Å². The number of pyridine rings is 1. The van der Waals surface area contributed by atoms with Crippen molar-refractivity contribution >= 4 is 9.84 Å². The number of nitrogens with zero attached hydrogens (tertiary/aromatic N) is 1. The van der Waals surface area contributed by atoms with Crippen LogP contribution in [0.5, 0.6) is 0 Å². The maximum Gasteiger partial charge on any atom is 0.501 e. The van der Waals surface area contributed by atoms with E-state index in [1.165, 1.54) is 0 Å². The molecule has 0 aromatic carbocycles. The first-order chi connectivity index (χ1) is 6.25. The Morgan fingerprint density at radius 2 is 1.86 bits per heavy atom. The number of hydrogen-bond donors (Lipinski definition) is 0. The van der Waals surface area contributed by atoms with Crippen LogP contribution in [0.3, 0.4) is 0 Å². The van der Waals surface area contributed by atoms with Gasteiger partial charge in [0.25, 0.3) is 9.84 Å². The van der Waals surface area contributed by atoms with Crippen LogP contribution in [0.15, 0.2) is 23.2 Å². The van der Waals surface area contributed by atoms with Gasteiger partial charge in [0.1, 0.15) is 0 Å². The molecule has 0 aliphatic heterocycles. The lowest BCUT2D eigenvalue weighted by molar-refractivity contribution is -0.0436. The Hall–Kier alpha value is -1.18. The van der Waals surface area contributed by atoms with Crippen molar-refractivity contribution in [2.24, 2.45) is 0 Å². The van der Waals surface area contributed by atoms with Gasteiger partial charge in [-0.3, -0.25) is 0 Å². The maximum atomic E-state index is 12.3. The Labute approximate surface area is 76.3 Å². The summed E-state index contributed by atoms with van der Waals surface area (Å²) in [5.74, 6) is -1.28. The molecular weight excluding hydrogens is 226 g/mol. The van der Waals surface area contributed by atoms with Crippen LogP contribution in [-0.2, 0) is 9.84 Å². The van der Waals surface area contributed by atoms with Gasteiger partial charge in [-0.05, 0) is 6.07 Å². The summed E-state index contributed by atoms with van der Waals surface area (Å²) in [6.45, 7) is 0. The van der Waals surface area contributed by atoms with E-state index in [0.29, 0.717) is 12.3 Å². The van der Waals surface area contributed by atoms with E-state index in [-0.39, 0.29) is 6.07 Å². The standard InChI is InChI=1S/C6H3F4NO2S/c7-5-3-4(1-2-11-5)14(12,13)6(8,9)10/h1-3H. The van der Waals surface area contributed by atoms with Gasteiger partial charge >= 0.3 is 5.51 Å². The Kier molecular flexibility index (Phi) is 2.49. The van der Waals surface area contributed by atoms with Crippen molar-refractivity contribution in [3.05, 3.63) is 24.3 Å². The minimum atomic E-state index is -5.48. The van der Waals surface area contributed by atoms with Crippen LogP contribution in [0.4, 0.5) is 17.6 Å². The molecule has 0 saturated heterocycles. The topological polar surface area (TPSA) is 47.0 Å². The third-order valence-electron chi connectivity index (χ3n) is 1.31. The van der Waals surface area contributed by atoms with Gasteiger partial charge in [-0.25, -0.2) is 13.4 Å². The average molecular weight is 229 g/mol. The van der Waals surface area contributed by atoms with Crippen molar-refractivity contribution in [3.63, 3.8) is 0 Å². The lowest BCUT2D eigenvalue weighted by Crippen LogP contribution is -2.23. The van der Waals surface area contributed by atoms with Crippen LogP contribution in [0.25, 0.3) is 0 Å². The molecule has 0 spiro atoms. The van der Waals surface area contributed by atoms with E-state index in [2.05, 4.69) is 4.98 Å². The van der Waals surface area contributed by atoms with E-state index in [1.807, 2.05) is 0 Å². The third-order valence-corrected chi connectivity index (χ3v) is 2.80. The molecule has 0 unspecified atom stereocenters. The Morgan fingerprint density at radius 3 is 2.29 bits per heavy atom. The van der Waals surface area contributed by atoms with Crippen molar-refractivity contribution in [2.75, 3.05) is 0 Å². The van der Waals surface area contributed by atoms with Gasteiger partial charge in [0.2, 0.25) is 5.95 Å². The number of rotatable bonds is 1. The second kappa shape index (κ2) is 3.19. The predicted octanol–water partition coefficient (Wildman–Crippen LogP) is 1.51. The first-order valence-corrected chi connectivity index (χ1v) is 4.66. The van der Waals surface area contributed by atoms with E-state index in [1.54, 1.807) is 0 Å². The minimum absolute atomic E-state index is 0.211. The Morgan fingerprint density at radius 1 is 1.29 bits per heavy atom. The van der Waals surface area contributed by atoms with Crippen LogP contribution in [0.1, 0.15) is 0 Å². The number of alkyl halides is 3. The van der Waals surface area contributed by atoms with E-state index in [0.717, 1.165) is 0 Å². The summed E-state index contributed by atoms with van der Waals surface area (Å²) in [7, 11) is -5.48. The van der Waals surface area contributed by atoms with Crippen molar-refractivity contribution in [3.8, 4) is 0 Å². The second-order valence-electron chi connectivity index (χ2n) is 2.26. The zero-order valence-corrected chi connectivity index (χ0v) is 7.23. The molecule has 1 aromatic rings. The first kappa shape index (κ1) is 10.9. The van der Waals surface area contributed by atoms with Crippen molar-refractivity contribution in [1.29, 1.82) is 0 Å². The van der Waals surface area contributed by atoms with E-state index < -0.39 is 26.2 Å². The molecule has 1 rings (SSSR count). The van der Waals surface area contributed by atoms with E-state index >= 15 is 0 Å². The quantitative estimate of drug-likeness (QED) is 0.541. The maximum absolute atomic E-state index is 12.3. The fourth-order valence-electron chi connectivity index (χ4n) is 0.685. The molecule has 0 radical (unpaired) electrons. The number of halogens is 4. The highest BCUT2D eigenvalue weighted by molar-refractivity contribution is 7.92. The molecule has 0 amide bonds. The molecule has 0 atom stereocenters. The molecule has 0 fully saturated rings. The fraction of sp³-hybridized carbons (Fsp3) is 0.167. The lowest BCUT2D eigenvalue weighted by Gasteiger charge is -2.06. The smallest absolute Gasteiger partial charge is 0.228 e. The number of aromatic nitrogens is 1. The zero-order valence-electron chi connectivity index (χ0n) is 6.42. The highest BCUT2D eigenvalue weighted by Crippen LogP contribution is 2.29. The number of sulfone groups is 1. The molecular formula is C6H3F4NO2S. The molecule has 0 saturated carbocycles. The van der Waals surface area contributed by atoms with Crippen LogP contribution >= 0.6 is 0 Å². The molecule has 0 aliphatic rings. The minimum Gasteiger partial charge on any atom is -0.228 e. The monoisotopic (exact) mass is 229 g/mol. The van der Waals surface area contributed by atoms with Crippen LogP contribution in [0, 0.1) is 5.95 Å². The molecule has 78 valence electrons. The highest BCUT2D eigenvalue weighted by Gasteiger charge is 2.47. The summed E-state index contributed by atoms with van der Waals surface area (Å²) in [6, 6.07) is 0.786. The van der Waals surface area contributed by atoms with Gasteiger partial charge in [-0.15, -0.1) is 0 Å². The largest absolute Gasteiger partial charge is 0.501 e. The summed E-state index contributed by atoms with van der Waals surface area (Å²) in [5, 5.41) is 0. The molecule has 1 aromatic heterocycles. The van der Waals surface area contributed by atoms with Gasteiger partial charge in [0, 0.05) is 12.3 Å². The normalized spacial score (nSPS) is 12.9. The van der Waals surface area contributed by atoms with Crippen molar-refractivity contribution in [1.82, 2.24) is 4.98 Å². The third kappa shape index (κ3) is 1.84. The van der Waals surface area contributed by atoms with Gasteiger partial charge in [-0.2, -0.15) is 17.6 Å². The van der Waals surface area contributed by atoms with Gasteiger partial charge in [0.15, 0.2) is 0 Å². The molecule has 0 bridgehead atoms. The fourth-order valence-corrected chi connectivity index (χ4v) is 1.45. The molecule has 8 heteroatoms. The van der Waals surface area contributed by atoms with Gasteiger partial charge < -0.3 is 0 Å². The summed E-state index contributed by atoms with van der Waals surface area (Å²) < 4.78 is 69.5. The highest BCUT2D eigenvalue weighted by atomic mass is 32.2. The summed E-state index contributed by atoms with van der Waals surface area (Å²) in [6.07, 6.45) is 0.647. The summed E-state index contributed by atoms with van der Waals surface area (Å²) in [4.78, 5) is 1.78. The van der Waals surface area contributed by atoms with Crippen LogP contribution in [-0.4, -0.2) is 18.9 Å². The Balaban J connectivity index is 3.32. The molecule has 0 aliphatic carbocycles. The predicted molar refractivity (Wildman–Crippen MR) is 37.4 cm³/mol. The van der Waals surface area contributed by atoms with E-state index in [9.17, 15) is 26.0 Å². The van der Waals surface area contributed by atoms with Gasteiger partial charge in [-0.1, -0.05) is 0 Å². The zero-order chi connectivity index (χ0) is 11.0. The first-order valence-electron chi connectivity index (χ1n) is 3.18. The molecule has 0 N–H and O–H groups in total. The second-order valence-corrected chi connectivity index (χ2v) is 4.20. The van der Waals surface area contributed by atoms with Crippen molar-refractivity contribution < 1.29 is 26.0 Å². The Bertz CT molecular complexity index is 439. The number of hydrogen-bond acceptors (Lipinski definition) is 3. The van der Waals surface area contributed by atoms with Crippen molar-refractivity contribution in [2.45, 2.75) is 10.4 Å². The summed E-state index contributed by atoms with van der Waals surface area (Å²) >= 11 is 0. The molecule has 14 heavy (non-hydrogen) atoms.